The summed E-state index contributed by atoms with van der Waals surface area (Å²) in [7, 11) is 0. The Hall–Kier alpha value is -1.98. The van der Waals surface area contributed by atoms with Gasteiger partial charge in [-0.3, -0.25) is 4.68 Å². The fourth-order valence-electron chi connectivity index (χ4n) is 1.53. The molecule has 2 aromatic rings. The zero-order valence-electron chi connectivity index (χ0n) is 10.5. The minimum Gasteiger partial charge on any atom is -0.454 e. The van der Waals surface area contributed by atoms with Gasteiger partial charge in [0.2, 0.25) is 0 Å². The third-order valence-electron chi connectivity index (χ3n) is 2.50. The molecule has 0 spiro atoms. The van der Waals surface area contributed by atoms with Crippen molar-refractivity contribution in [3.63, 3.8) is 0 Å². The second-order valence-corrected chi connectivity index (χ2v) is 4.38. The van der Waals surface area contributed by atoms with Crippen molar-refractivity contribution in [1.29, 1.82) is 0 Å². The van der Waals surface area contributed by atoms with E-state index < -0.39 is 11.7 Å². The van der Waals surface area contributed by atoms with Crippen molar-refractivity contribution in [3.8, 4) is 11.5 Å². The van der Waals surface area contributed by atoms with Gasteiger partial charge in [0.15, 0.2) is 5.75 Å². The first kappa shape index (κ1) is 13.5. The summed E-state index contributed by atoms with van der Waals surface area (Å²) >= 11 is 0. The lowest BCUT2D eigenvalue weighted by Crippen LogP contribution is -2.04. The summed E-state index contributed by atoms with van der Waals surface area (Å²) in [6, 6.07) is 4.92. The van der Waals surface area contributed by atoms with Crippen LogP contribution in [0.25, 0.3) is 0 Å². The SMILES string of the molecule is CC(C)n1cc(Oc2cccc(C(F)(F)F)c2)cn1. The van der Waals surface area contributed by atoms with Crippen LogP contribution in [0.3, 0.4) is 0 Å². The lowest BCUT2D eigenvalue weighted by atomic mass is 10.2. The fraction of sp³-hybridized carbons (Fsp3) is 0.308. The average molecular weight is 270 g/mol. The second kappa shape index (κ2) is 4.95. The Bertz CT molecular complexity index is 561. The fourth-order valence-corrected chi connectivity index (χ4v) is 1.53. The zero-order chi connectivity index (χ0) is 14.0. The topological polar surface area (TPSA) is 27.1 Å². The molecule has 0 aliphatic rings. The highest BCUT2D eigenvalue weighted by molar-refractivity contribution is 5.33. The zero-order valence-corrected chi connectivity index (χ0v) is 10.5. The van der Waals surface area contributed by atoms with Crippen molar-refractivity contribution in [2.24, 2.45) is 0 Å². The highest BCUT2D eigenvalue weighted by atomic mass is 19.4. The predicted octanol–water partition coefficient (Wildman–Crippen LogP) is 4.28. The van der Waals surface area contributed by atoms with E-state index in [1.165, 1.54) is 18.3 Å². The third-order valence-corrected chi connectivity index (χ3v) is 2.50. The van der Waals surface area contributed by atoms with Crippen LogP contribution in [0.1, 0.15) is 25.5 Å². The quantitative estimate of drug-likeness (QED) is 0.832. The Balaban J connectivity index is 2.19. The van der Waals surface area contributed by atoms with Crippen LogP contribution < -0.4 is 4.74 Å². The van der Waals surface area contributed by atoms with Crippen molar-refractivity contribution >= 4 is 0 Å². The molecule has 0 aliphatic heterocycles. The molecule has 0 N–H and O–H groups in total. The Morgan fingerprint density at radius 2 is 1.95 bits per heavy atom. The van der Waals surface area contributed by atoms with Crippen LogP contribution in [0.15, 0.2) is 36.7 Å². The summed E-state index contributed by atoms with van der Waals surface area (Å²) in [5.41, 5.74) is -0.735. The van der Waals surface area contributed by atoms with E-state index >= 15 is 0 Å². The molecule has 0 radical (unpaired) electrons. The number of rotatable bonds is 3. The lowest BCUT2D eigenvalue weighted by molar-refractivity contribution is -0.137. The van der Waals surface area contributed by atoms with E-state index in [0.29, 0.717) is 5.75 Å². The van der Waals surface area contributed by atoms with Crippen molar-refractivity contribution in [2.45, 2.75) is 26.1 Å². The summed E-state index contributed by atoms with van der Waals surface area (Å²) in [6.07, 6.45) is -1.26. The van der Waals surface area contributed by atoms with Crippen molar-refractivity contribution in [1.82, 2.24) is 9.78 Å². The van der Waals surface area contributed by atoms with E-state index in [2.05, 4.69) is 5.10 Å². The molecular weight excluding hydrogens is 257 g/mol. The molecule has 0 amide bonds. The molecule has 0 atom stereocenters. The highest BCUT2D eigenvalue weighted by Gasteiger charge is 2.30. The van der Waals surface area contributed by atoms with Crippen LogP contribution in [-0.2, 0) is 6.18 Å². The van der Waals surface area contributed by atoms with Crippen LogP contribution in [0.4, 0.5) is 13.2 Å². The number of halogens is 3. The maximum absolute atomic E-state index is 12.5. The van der Waals surface area contributed by atoms with E-state index in [1.807, 2.05) is 13.8 Å². The van der Waals surface area contributed by atoms with Gasteiger partial charge in [-0.25, -0.2) is 0 Å². The highest BCUT2D eigenvalue weighted by Crippen LogP contribution is 2.32. The molecule has 0 unspecified atom stereocenters. The number of nitrogens with zero attached hydrogens (tertiary/aromatic N) is 2. The Morgan fingerprint density at radius 3 is 2.53 bits per heavy atom. The summed E-state index contributed by atoms with van der Waals surface area (Å²) in [5.74, 6) is 0.547. The van der Waals surface area contributed by atoms with Gasteiger partial charge in [0.05, 0.1) is 18.0 Å². The number of benzene rings is 1. The molecule has 3 nitrogen and oxygen atoms in total. The molecule has 0 saturated carbocycles. The molecule has 0 fully saturated rings. The number of hydrogen-bond acceptors (Lipinski definition) is 2. The normalized spacial score (nSPS) is 11.9. The first-order valence-corrected chi connectivity index (χ1v) is 5.75. The van der Waals surface area contributed by atoms with E-state index in [9.17, 15) is 13.2 Å². The van der Waals surface area contributed by atoms with Gasteiger partial charge in [-0.2, -0.15) is 18.3 Å². The summed E-state index contributed by atoms with van der Waals surface area (Å²) in [6.45, 7) is 3.89. The maximum atomic E-state index is 12.5. The summed E-state index contributed by atoms with van der Waals surface area (Å²) in [4.78, 5) is 0. The van der Waals surface area contributed by atoms with E-state index in [1.54, 1.807) is 10.9 Å². The molecule has 0 aliphatic carbocycles. The third kappa shape index (κ3) is 3.27. The van der Waals surface area contributed by atoms with Gasteiger partial charge in [-0.1, -0.05) is 6.07 Å². The van der Waals surface area contributed by atoms with Gasteiger partial charge >= 0.3 is 6.18 Å². The van der Waals surface area contributed by atoms with Gasteiger partial charge < -0.3 is 4.74 Å². The van der Waals surface area contributed by atoms with Crippen LogP contribution in [0.2, 0.25) is 0 Å². The lowest BCUT2D eigenvalue weighted by Gasteiger charge is -2.08. The van der Waals surface area contributed by atoms with E-state index in [0.717, 1.165) is 12.1 Å². The van der Waals surface area contributed by atoms with Gasteiger partial charge in [0, 0.05) is 6.04 Å². The Morgan fingerprint density at radius 1 is 1.21 bits per heavy atom. The van der Waals surface area contributed by atoms with Gasteiger partial charge in [0.1, 0.15) is 5.75 Å². The summed E-state index contributed by atoms with van der Waals surface area (Å²) < 4.78 is 44.7. The number of alkyl halides is 3. The number of ether oxygens (including phenoxy) is 1. The summed E-state index contributed by atoms with van der Waals surface area (Å²) in [5, 5.41) is 4.05. The van der Waals surface area contributed by atoms with Crippen molar-refractivity contribution in [2.75, 3.05) is 0 Å². The molecule has 0 saturated heterocycles. The predicted molar refractivity (Wildman–Crippen MR) is 64.1 cm³/mol. The van der Waals surface area contributed by atoms with Crippen molar-refractivity contribution < 1.29 is 17.9 Å². The second-order valence-electron chi connectivity index (χ2n) is 4.38. The molecule has 102 valence electrons. The van der Waals surface area contributed by atoms with Crippen LogP contribution in [-0.4, -0.2) is 9.78 Å². The average Bonchev–Trinajstić information content (AvgIpc) is 2.77. The van der Waals surface area contributed by atoms with Crippen LogP contribution in [0, 0.1) is 0 Å². The van der Waals surface area contributed by atoms with Crippen molar-refractivity contribution in [3.05, 3.63) is 42.2 Å². The molecule has 19 heavy (non-hydrogen) atoms. The largest absolute Gasteiger partial charge is 0.454 e. The molecule has 0 bridgehead atoms. The van der Waals surface area contributed by atoms with Gasteiger partial charge in [0.25, 0.3) is 0 Å². The van der Waals surface area contributed by atoms with Crippen LogP contribution in [0.5, 0.6) is 11.5 Å². The standard InChI is InChI=1S/C13H13F3N2O/c1-9(2)18-8-12(7-17-18)19-11-5-3-4-10(6-11)13(14,15)16/h3-9H,1-2H3. The minimum atomic E-state index is -4.37. The molecule has 1 heterocycles. The smallest absolute Gasteiger partial charge is 0.416 e. The molecule has 1 aromatic heterocycles. The van der Waals surface area contributed by atoms with Crippen LogP contribution >= 0.6 is 0 Å². The minimum absolute atomic E-state index is 0.137. The first-order valence-electron chi connectivity index (χ1n) is 5.75. The Labute approximate surface area is 108 Å². The van der Waals surface area contributed by atoms with E-state index in [-0.39, 0.29) is 11.8 Å². The van der Waals surface area contributed by atoms with E-state index in [4.69, 9.17) is 4.74 Å². The molecule has 6 heteroatoms. The maximum Gasteiger partial charge on any atom is 0.416 e. The molecule has 1 aromatic carbocycles. The molecule has 2 rings (SSSR count). The first-order chi connectivity index (χ1) is 8.86. The number of hydrogen-bond donors (Lipinski definition) is 0. The van der Waals surface area contributed by atoms with Gasteiger partial charge in [-0.05, 0) is 32.0 Å². The Kier molecular flexibility index (Phi) is 3.50. The monoisotopic (exact) mass is 270 g/mol. The number of aromatic nitrogens is 2. The molecular formula is C13H13F3N2O. The van der Waals surface area contributed by atoms with Gasteiger partial charge in [-0.15, -0.1) is 0 Å².